The van der Waals surface area contributed by atoms with Gasteiger partial charge in [-0.05, 0) is 19.3 Å². The Balaban J connectivity index is 1.92. The lowest BCUT2D eigenvalue weighted by Crippen LogP contribution is -2.58. The third kappa shape index (κ3) is 3.87. The molecule has 1 heterocycles. The molecule has 1 aliphatic carbocycles. The van der Waals surface area contributed by atoms with Gasteiger partial charge in [0.25, 0.3) is 0 Å². The topological polar surface area (TPSA) is 75.4 Å². The second-order valence-electron chi connectivity index (χ2n) is 5.91. The Bertz CT molecular complexity index is 419. The average molecular weight is 307 g/mol. The van der Waals surface area contributed by atoms with E-state index in [0.717, 1.165) is 24.2 Å². The van der Waals surface area contributed by atoms with Gasteiger partial charge in [-0.15, -0.1) is 0 Å². The number of carbonyl (C=O) groups is 2. The van der Waals surface area contributed by atoms with Crippen molar-refractivity contribution >= 4 is 11.8 Å². The molecule has 2 amide bonds. The molecule has 1 saturated carbocycles. The Morgan fingerprint density at radius 2 is 1.95 bits per heavy atom. The molecule has 0 spiro atoms. The van der Waals surface area contributed by atoms with Crippen LogP contribution >= 0.6 is 0 Å². The number of carbonyl (C=O) groups excluding carboxylic acids is 2. The SMILES string of the molecule is NC1(C(=O)NC2CCN(CC(F)(F)F)C2=O)CCCCC1. The van der Waals surface area contributed by atoms with Crippen LogP contribution in [-0.2, 0) is 9.59 Å². The molecule has 21 heavy (non-hydrogen) atoms. The maximum Gasteiger partial charge on any atom is 0.406 e. The van der Waals surface area contributed by atoms with Gasteiger partial charge in [-0.2, -0.15) is 13.2 Å². The number of amides is 2. The van der Waals surface area contributed by atoms with Crippen molar-refractivity contribution in [3.05, 3.63) is 0 Å². The van der Waals surface area contributed by atoms with E-state index in [9.17, 15) is 22.8 Å². The summed E-state index contributed by atoms with van der Waals surface area (Å²) < 4.78 is 37.0. The Morgan fingerprint density at radius 3 is 2.52 bits per heavy atom. The van der Waals surface area contributed by atoms with E-state index >= 15 is 0 Å². The summed E-state index contributed by atoms with van der Waals surface area (Å²) in [5.41, 5.74) is 5.06. The van der Waals surface area contributed by atoms with E-state index < -0.39 is 36.1 Å². The number of hydrogen-bond donors (Lipinski definition) is 2. The molecule has 2 rings (SSSR count). The lowest BCUT2D eigenvalue weighted by molar-refractivity contribution is -0.158. The summed E-state index contributed by atoms with van der Waals surface area (Å²) in [6, 6.07) is -0.887. The van der Waals surface area contributed by atoms with E-state index in [-0.39, 0.29) is 13.0 Å². The van der Waals surface area contributed by atoms with Crippen LogP contribution in [0.3, 0.4) is 0 Å². The van der Waals surface area contributed by atoms with Crippen LogP contribution in [0.5, 0.6) is 0 Å². The number of hydrogen-bond acceptors (Lipinski definition) is 3. The van der Waals surface area contributed by atoms with Crippen LogP contribution in [0.2, 0.25) is 0 Å². The molecule has 5 nitrogen and oxygen atoms in total. The van der Waals surface area contributed by atoms with Crippen LogP contribution in [0.4, 0.5) is 13.2 Å². The van der Waals surface area contributed by atoms with Crippen LogP contribution in [0.15, 0.2) is 0 Å². The number of alkyl halides is 3. The summed E-state index contributed by atoms with van der Waals surface area (Å²) in [6.45, 7) is -1.27. The molecule has 1 atom stereocenters. The summed E-state index contributed by atoms with van der Waals surface area (Å²) in [4.78, 5) is 24.8. The second kappa shape index (κ2) is 5.82. The first kappa shape index (κ1) is 16.1. The molecule has 1 unspecified atom stereocenters. The summed E-state index contributed by atoms with van der Waals surface area (Å²) in [5, 5.41) is 2.53. The zero-order valence-corrected chi connectivity index (χ0v) is 11.7. The van der Waals surface area contributed by atoms with Crippen LogP contribution in [0.25, 0.3) is 0 Å². The maximum atomic E-state index is 12.3. The number of nitrogens with zero attached hydrogens (tertiary/aromatic N) is 1. The third-order valence-electron chi connectivity index (χ3n) is 4.17. The molecule has 8 heteroatoms. The van der Waals surface area contributed by atoms with Crippen molar-refractivity contribution in [2.75, 3.05) is 13.1 Å². The van der Waals surface area contributed by atoms with E-state index in [4.69, 9.17) is 5.73 Å². The minimum atomic E-state index is -4.42. The fraction of sp³-hybridized carbons (Fsp3) is 0.846. The predicted octanol–water partition coefficient (Wildman–Crippen LogP) is 0.927. The predicted molar refractivity (Wildman–Crippen MR) is 69.2 cm³/mol. The standard InChI is InChI=1S/C13H20F3N3O2/c14-13(15,16)8-19-7-4-9(10(19)20)18-11(21)12(17)5-2-1-3-6-12/h9H,1-8,17H2,(H,18,21). The van der Waals surface area contributed by atoms with Crippen molar-refractivity contribution in [2.24, 2.45) is 5.73 Å². The minimum Gasteiger partial charge on any atom is -0.343 e. The van der Waals surface area contributed by atoms with E-state index in [1.54, 1.807) is 0 Å². The fourth-order valence-corrected chi connectivity index (χ4v) is 2.96. The van der Waals surface area contributed by atoms with Crippen molar-refractivity contribution in [1.29, 1.82) is 0 Å². The lowest BCUT2D eigenvalue weighted by atomic mass is 9.81. The fourth-order valence-electron chi connectivity index (χ4n) is 2.96. The highest BCUT2D eigenvalue weighted by Gasteiger charge is 2.42. The van der Waals surface area contributed by atoms with Crippen molar-refractivity contribution in [3.8, 4) is 0 Å². The summed E-state index contributed by atoms with van der Waals surface area (Å²) in [7, 11) is 0. The van der Waals surface area contributed by atoms with E-state index in [1.165, 1.54) is 0 Å². The van der Waals surface area contributed by atoms with Gasteiger partial charge in [0.05, 0.1) is 5.54 Å². The molecule has 2 aliphatic rings. The van der Waals surface area contributed by atoms with Gasteiger partial charge in [0, 0.05) is 6.54 Å². The van der Waals surface area contributed by atoms with Crippen LogP contribution in [0, 0.1) is 0 Å². The highest BCUT2D eigenvalue weighted by atomic mass is 19.4. The molecule has 120 valence electrons. The first-order valence-corrected chi connectivity index (χ1v) is 7.17. The van der Waals surface area contributed by atoms with Crippen molar-refractivity contribution in [2.45, 2.75) is 56.3 Å². The van der Waals surface area contributed by atoms with Crippen LogP contribution < -0.4 is 11.1 Å². The molecule has 1 aliphatic heterocycles. The van der Waals surface area contributed by atoms with Gasteiger partial charge in [-0.3, -0.25) is 9.59 Å². The summed E-state index contributed by atoms with van der Waals surface area (Å²) in [6.07, 6.45) is -0.415. The van der Waals surface area contributed by atoms with Gasteiger partial charge in [0.15, 0.2) is 0 Å². The largest absolute Gasteiger partial charge is 0.406 e. The quantitative estimate of drug-likeness (QED) is 0.814. The molecule has 0 bridgehead atoms. The lowest BCUT2D eigenvalue weighted by Gasteiger charge is -2.32. The molecular weight excluding hydrogens is 287 g/mol. The van der Waals surface area contributed by atoms with Crippen LogP contribution in [0.1, 0.15) is 38.5 Å². The highest BCUT2D eigenvalue weighted by molar-refractivity contribution is 5.93. The zero-order valence-electron chi connectivity index (χ0n) is 11.7. The van der Waals surface area contributed by atoms with Gasteiger partial charge in [0.2, 0.25) is 11.8 Å². The van der Waals surface area contributed by atoms with Crippen molar-refractivity contribution in [3.63, 3.8) is 0 Å². The summed E-state index contributed by atoms with van der Waals surface area (Å²) in [5.74, 6) is -1.10. The van der Waals surface area contributed by atoms with Crippen molar-refractivity contribution < 1.29 is 22.8 Å². The van der Waals surface area contributed by atoms with Gasteiger partial charge >= 0.3 is 6.18 Å². The van der Waals surface area contributed by atoms with E-state index in [0.29, 0.717) is 12.8 Å². The molecule has 0 radical (unpaired) electrons. The van der Waals surface area contributed by atoms with Gasteiger partial charge in [0.1, 0.15) is 12.6 Å². The monoisotopic (exact) mass is 307 g/mol. The normalized spacial score (nSPS) is 26.0. The van der Waals surface area contributed by atoms with Crippen LogP contribution in [-0.4, -0.2) is 47.6 Å². The smallest absolute Gasteiger partial charge is 0.343 e. The Kier molecular flexibility index (Phi) is 4.46. The molecule has 3 N–H and O–H groups in total. The molecule has 1 saturated heterocycles. The zero-order chi connectivity index (χ0) is 15.7. The molecule has 0 aromatic rings. The number of nitrogens with one attached hydrogen (secondary N) is 1. The Labute approximate surface area is 121 Å². The number of halogens is 3. The first-order valence-electron chi connectivity index (χ1n) is 7.17. The third-order valence-corrected chi connectivity index (χ3v) is 4.17. The minimum absolute atomic E-state index is 0.000855. The molecule has 0 aromatic heterocycles. The molecule has 2 fully saturated rings. The van der Waals surface area contributed by atoms with Crippen molar-refractivity contribution in [1.82, 2.24) is 10.2 Å². The molecular formula is C13H20F3N3O2. The number of likely N-dealkylation sites (tertiary alicyclic amines) is 1. The number of rotatable bonds is 3. The van der Waals surface area contributed by atoms with Gasteiger partial charge < -0.3 is 16.0 Å². The van der Waals surface area contributed by atoms with Gasteiger partial charge in [-0.25, -0.2) is 0 Å². The van der Waals surface area contributed by atoms with E-state index in [2.05, 4.69) is 5.32 Å². The van der Waals surface area contributed by atoms with E-state index in [1.807, 2.05) is 0 Å². The van der Waals surface area contributed by atoms with Gasteiger partial charge in [-0.1, -0.05) is 19.3 Å². The maximum absolute atomic E-state index is 12.3. The highest BCUT2D eigenvalue weighted by Crippen LogP contribution is 2.27. The first-order chi connectivity index (χ1) is 9.71. The Hall–Kier alpha value is -1.31. The molecule has 0 aromatic carbocycles. The number of nitrogens with two attached hydrogens (primary N) is 1. The summed E-state index contributed by atoms with van der Waals surface area (Å²) >= 11 is 0. The Morgan fingerprint density at radius 1 is 1.33 bits per heavy atom. The second-order valence-corrected chi connectivity index (χ2v) is 5.91. The average Bonchev–Trinajstić information content (AvgIpc) is 2.70.